The van der Waals surface area contributed by atoms with E-state index in [9.17, 15) is 9.59 Å². The van der Waals surface area contributed by atoms with Crippen LogP contribution in [0, 0.1) is 0 Å². The molecule has 0 spiro atoms. The zero-order chi connectivity index (χ0) is 24.9. The minimum atomic E-state index is -0.477. The molecule has 4 aromatic rings. The Morgan fingerprint density at radius 2 is 1.80 bits per heavy atom. The van der Waals surface area contributed by atoms with Gasteiger partial charge in [0.1, 0.15) is 5.65 Å². The lowest BCUT2D eigenvalue weighted by Crippen LogP contribution is -2.24. The van der Waals surface area contributed by atoms with Crippen LogP contribution in [-0.4, -0.2) is 36.0 Å². The number of nitrogens with two attached hydrogens (primary N) is 1. The topological polar surface area (TPSA) is 119 Å². The molecule has 0 fully saturated rings. The smallest absolute Gasteiger partial charge is 0.248 e. The van der Waals surface area contributed by atoms with Gasteiger partial charge in [-0.3, -0.25) is 9.59 Å². The largest absolute Gasteiger partial charge is 0.493 e. The quantitative estimate of drug-likeness (QED) is 0.333. The Bertz CT molecular complexity index is 1410. The maximum Gasteiger partial charge on any atom is 0.248 e. The summed E-state index contributed by atoms with van der Waals surface area (Å²) in [6.45, 7) is 1.90. The number of benzene rings is 2. The number of ether oxygens (including phenoxy) is 2. The molecule has 35 heavy (non-hydrogen) atoms. The molecule has 0 radical (unpaired) electrons. The predicted molar refractivity (Wildman–Crippen MR) is 135 cm³/mol. The lowest BCUT2D eigenvalue weighted by molar-refractivity contribution is -0.117. The van der Waals surface area contributed by atoms with E-state index in [2.05, 4.69) is 15.3 Å². The summed E-state index contributed by atoms with van der Waals surface area (Å²) in [5, 5.41) is 3.84. The molecule has 0 saturated heterocycles. The highest BCUT2D eigenvalue weighted by molar-refractivity contribution is 6.02. The van der Waals surface area contributed by atoms with Crippen LogP contribution in [0.2, 0.25) is 0 Å². The van der Waals surface area contributed by atoms with Gasteiger partial charge < -0.3 is 25.5 Å². The molecule has 178 valence electrons. The van der Waals surface area contributed by atoms with Crippen LogP contribution in [-0.2, 0) is 4.79 Å². The summed E-state index contributed by atoms with van der Waals surface area (Å²) in [6, 6.07) is 14.3. The highest BCUT2D eigenvalue weighted by atomic mass is 16.5. The second kappa shape index (κ2) is 10.1. The number of hydrogen-bond donors (Lipinski definition) is 3. The standard InChI is InChI=1S/C27H26N4O4/c1-16(19-8-10-22(34-2)23(14-19)35-3)31-24(32)11-9-20-15-30-27-25(20)21(12-13-29-27)17-4-6-18(7-5-17)26(28)33/h4-16H,1-3H3,(H2,28,33)(H,29,30)(H,31,32)/b11-9+/t16-/m1/s1. The fourth-order valence-electron chi connectivity index (χ4n) is 3.90. The zero-order valence-electron chi connectivity index (χ0n) is 19.7. The monoisotopic (exact) mass is 470 g/mol. The lowest BCUT2D eigenvalue weighted by Gasteiger charge is -2.15. The number of H-pyrrole nitrogens is 1. The Hall–Kier alpha value is -4.59. The maximum atomic E-state index is 12.7. The van der Waals surface area contributed by atoms with Crippen molar-refractivity contribution in [2.24, 2.45) is 5.73 Å². The molecular weight excluding hydrogens is 444 g/mol. The number of aromatic nitrogens is 2. The molecule has 0 bridgehead atoms. The van der Waals surface area contributed by atoms with Crippen LogP contribution in [0.5, 0.6) is 11.5 Å². The van der Waals surface area contributed by atoms with Gasteiger partial charge in [0.25, 0.3) is 0 Å². The minimum Gasteiger partial charge on any atom is -0.493 e. The van der Waals surface area contributed by atoms with Crippen molar-refractivity contribution in [3.8, 4) is 22.6 Å². The average molecular weight is 471 g/mol. The molecule has 2 aromatic carbocycles. The van der Waals surface area contributed by atoms with Crippen molar-refractivity contribution in [2.45, 2.75) is 13.0 Å². The van der Waals surface area contributed by atoms with Crippen molar-refractivity contribution in [1.29, 1.82) is 0 Å². The second-order valence-electron chi connectivity index (χ2n) is 7.95. The fraction of sp³-hybridized carbons (Fsp3) is 0.148. The number of carbonyl (C=O) groups is 2. The van der Waals surface area contributed by atoms with Crippen LogP contribution in [0.3, 0.4) is 0 Å². The molecule has 2 aromatic heterocycles. The SMILES string of the molecule is COc1ccc([C@@H](C)NC(=O)/C=C/c2c[nH]c3nccc(-c4ccc(C(N)=O)cc4)c23)cc1OC. The van der Waals surface area contributed by atoms with Crippen LogP contribution in [0.15, 0.2) is 67.0 Å². The van der Waals surface area contributed by atoms with E-state index in [1.54, 1.807) is 44.8 Å². The molecule has 0 unspecified atom stereocenters. The van der Waals surface area contributed by atoms with Crippen molar-refractivity contribution in [1.82, 2.24) is 15.3 Å². The number of hydrogen-bond acceptors (Lipinski definition) is 5. The summed E-state index contributed by atoms with van der Waals surface area (Å²) < 4.78 is 10.6. The molecule has 4 N–H and O–H groups in total. The minimum absolute atomic E-state index is 0.238. The van der Waals surface area contributed by atoms with Crippen molar-refractivity contribution in [3.63, 3.8) is 0 Å². The first-order valence-electron chi connectivity index (χ1n) is 11.0. The maximum absolute atomic E-state index is 12.7. The van der Waals surface area contributed by atoms with Crippen LogP contribution in [0.1, 0.15) is 34.5 Å². The predicted octanol–water partition coefficient (Wildman–Crippen LogP) is 4.24. The van der Waals surface area contributed by atoms with E-state index >= 15 is 0 Å². The molecule has 8 heteroatoms. The Labute approximate surface area is 202 Å². The normalized spacial score (nSPS) is 12.0. The van der Waals surface area contributed by atoms with Crippen LogP contribution in [0.4, 0.5) is 0 Å². The average Bonchev–Trinajstić information content (AvgIpc) is 3.30. The van der Waals surface area contributed by atoms with Gasteiger partial charge in [-0.2, -0.15) is 0 Å². The summed E-state index contributed by atoms with van der Waals surface area (Å²) in [5.41, 5.74) is 10.0. The van der Waals surface area contributed by atoms with E-state index in [0.717, 1.165) is 27.6 Å². The number of methoxy groups -OCH3 is 2. The molecule has 0 saturated carbocycles. The Morgan fingerprint density at radius 1 is 1.06 bits per heavy atom. The fourth-order valence-corrected chi connectivity index (χ4v) is 3.90. The van der Waals surface area contributed by atoms with Gasteiger partial charge in [-0.05, 0) is 60.0 Å². The number of rotatable bonds is 8. The number of amides is 2. The van der Waals surface area contributed by atoms with Gasteiger partial charge in [0.15, 0.2) is 11.5 Å². The number of nitrogens with zero attached hydrogens (tertiary/aromatic N) is 1. The number of primary amides is 1. The first-order valence-corrected chi connectivity index (χ1v) is 11.0. The molecule has 2 heterocycles. The number of aromatic amines is 1. The van der Waals surface area contributed by atoms with E-state index in [1.165, 1.54) is 6.08 Å². The molecule has 0 aliphatic carbocycles. The van der Waals surface area contributed by atoms with E-state index < -0.39 is 5.91 Å². The second-order valence-corrected chi connectivity index (χ2v) is 7.95. The van der Waals surface area contributed by atoms with Crippen molar-refractivity contribution < 1.29 is 19.1 Å². The zero-order valence-corrected chi connectivity index (χ0v) is 19.7. The molecule has 1 atom stereocenters. The third-order valence-electron chi connectivity index (χ3n) is 5.77. The lowest BCUT2D eigenvalue weighted by atomic mass is 10.00. The van der Waals surface area contributed by atoms with Gasteiger partial charge in [0.05, 0.1) is 20.3 Å². The van der Waals surface area contributed by atoms with Gasteiger partial charge in [-0.1, -0.05) is 18.2 Å². The first-order chi connectivity index (χ1) is 16.9. The van der Waals surface area contributed by atoms with Crippen LogP contribution >= 0.6 is 0 Å². The first kappa shape index (κ1) is 23.6. The van der Waals surface area contributed by atoms with Crippen molar-refractivity contribution >= 4 is 28.9 Å². The summed E-state index contributed by atoms with van der Waals surface area (Å²) in [7, 11) is 3.15. The molecular formula is C27H26N4O4. The third kappa shape index (κ3) is 5.01. The summed E-state index contributed by atoms with van der Waals surface area (Å²) in [6.07, 6.45) is 6.76. The van der Waals surface area contributed by atoms with E-state index in [1.807, 2.05) is 43.3 Å². The highest BCUT2D eigenvalue weighted by Crippen LogP contribution is 2.31. The molecule has 0 aliphatic rings. The molecule has 4 rings (SSSR count). The number of carbonyl (C=O) groups excluding carboxylic acids is 2. The third-order valence-corrected chi connectivity index (χ3v) is 5.77. The number of pyridine rings is 1. The van der Waals surface area contributed by atoms with E-state index in [4.69, 9.17) is 15.2 Å². The molecule has 8 nitrogen and oxygen atoms in total. The van der Waals surface area contributed by atoms with Gasteiger partial charge in [0, 0.05) is 35.0 Å². The van der Waals surface area contributed by atoms with Crippen LogP contribution in [0.25, 0.3) is 28.2 Å². The van der Waals surface area contributed by atoms with Crippen molar-refractivity contribution in [2.75, 3.05) is 14.2 Å². The van der Waals surface area contributed by atoms with Gasteiger partial charge >= 0.3 is 0 Å². The van der Waals surface area contributed by atoms with Gasteiger partial charge in [-0.15, -0.1) is 0 Å². The summed E-state index contributed by atoms with van der Waals surface area (Å²) in [5.74, 6) is 0.514. The van der Waals surface area contributed by atoms with E-state index in [0.29, 0.717) is 22.7 Å². The Morgan fingerprint density at radius 3 is 2.49 bits per heavy atom. The van der Waals surface area contributed by atoms with Crippen LogP contribution < -0.4 is 20.5 Å². The van der Waals surface area contributed by atoms with Crippen molar-refractivity contribution in [3.05, 3.63) is 83.7 Å². The number of nitrogens with one attached hydrogen (secondary N) is 2. The van der Waals surface area contributed by atoms with E-state index in [-0.39, 0.29) is 11.9 Å². The highest BCUT2D eigenvalue weighted by Gasteiger charge is 2.13. The van der Waals surface area contributed by atoms with Gasteiger partial charge in [0.2, 0.25) is 11.8 Å². The summed E-state index contributed by atoms with van der Waals surface area (Å²) >= 11 is 0. The van der Waals surface area contributed by atoms with Gasteiger partial charge in [-0.25, -0.2) is 4.98 Å². The Balaban J connectivity index is 1.55. The molecule has 2 amide bonds. The Kier molecular flexibility index (Phi) is 6.82. The summed E-state index contributed by atoms with van der Waals surface area (Å²) in [4.78, 5) is 31.6. The molecule has 0 aliphatic heterocycles. The number of fused-ring (bicyclic) bond motifs is 1.